The number of carboxylic acids is 2. The van der Waals surface area contributed by atoms with Crippen molar-refractivity contribution in [3.05, 3.63) is 71.4 Å². The largest absolute Gasteiger partial charge is 0.490 e. The number of rotatable bonds is 7. The van der Waals surface area contributed by atoms with Gasteiger partial charge in [0.05, 0.1) is 11.4 Å². The lowest BCUT2D eigenvalue weighted by Gasteiger charge is -2.40. The molecule has 0 saturated carbocycles. The van der Waals surface area contributed by atoms with E-state index in [4.69, 9.17) is 24.5 Å². The Bertz CT molecular complexity index is 1640. The van der Waals surface area contributed by atoms with Crippen LogP contribution in [0.2, 0.25) is 0 Å². The Labute approximate surface area is 288 Å². The summed E-state index contributed by atoms with van der Waals surface area (Å²) in [6.07, 6.45) is -9.54. The first-order valence-corrected chi connectivity index (χ1v) is 15.2. The van der Waals surface area contributed by atoms with Crippen molar-refractivity contribution < 1.29 is 65.7 Å². The van der Waals surface area contributed by atoms with E-state index in [0.29, 0.717) is 30.9 Å². The molecule has 2 atom stereocenters. The van der Waals surface area contributed by atoms with E-state index in [1.807, 2.05) is 37.3 Å². The number of carbonyl (C=O) groups excluding carboxylic acids is 2. The summed E-state index contributed by atoms with van der Waals surface area (Å²) in [6, 6.07) is 16.6. The SMILES string of the molecule is Cc1cc(COc2ccc(C(=O)N[C@@H]3CCN(CC(C)(C)C)C[C@@H]3C(=O)NO)cc2)c2ccccc2n1.O=C(O)C(F)(F)F.O=C(O)C(F)(F)F. The van der Waals surface area contributed by atoms with Crippen molar-refractivity contribution >= 4 is 34.7 Å². The fourth-order valence-corrected chi connectivity index (χ4v) is 4.98. The average molecular weight is 733 g/mol. The Hall–Kier alpha value is -4.97. The van der Waals surface area contributed by atoms with Gasteiger partial charge in [-0.1, -0.05) is 39.0 Å². The number of hydrogen-bond acceptors (Lipinski definition) is 8. The molecule has 5 N–H and O–H groups in total. The minimum absolute atomic E-state index is 0.0868. The van der Waals surface area contributed by atoms with Gasteiger partial charge in [-0.25, -0.2) is 15.1 Å². The number of aromatic nitrogens is 1. The van der Waals surface area contributed by atoms with Gasteiger partial charge in [0.1, 0.15) is 12.4 Å². The highest BCUT2D eigenvalue weighted by Crippen LogP contribution is 2.24. The molecule has 0 aliphatic carbocycles. The summed E-state index contributed by atoms with van der Waals surface area (Å²) < 4.78 is 69.5. The molecule has 0 spiro atoms. The molecule has 280 valence electrons. The van der Waals surface area contributed by atoms with Gasteiger partial charge in [-0.2, -0.15) is 26.3 Å². The van der Waals surface area contributed by atoms with E-state index in [0.717, 1.165) is 35.2 Å². The van der Waals surface area contributed by atoms with Gasteiger partial charge in [0.25, 0.3) is 5.91 Å². The van der Waals surface area contributed by atoms with Crippen molar-refractivity contribution in [1.82, 2.24) is 20.7 Å². The summed E-state index contributed by atoms with van der Waals surface area (Å²) >= 11 is 0. The molecule has 3 aromatic rings. The Morgan fingerprint density at radius 3 is 1.98 bits per heavy atom. The molecular weight excluding hydrogens is 694 g/mol. The summed E-state index contributed by atoms with van der Waals surface area (Å²) in [5.41, 5.74) is 5.26. The second-order valence-corrected chi connectivity index (χ2v) is 12.6. The number of carboxylic acid groups (broad SMARTS) is 2. The lowest BCUT2D eigenvalue weighted by molar-refractivity contribution is -0.193. The average Bonchev–Trinajstić information content (AvgIpc) is 3.03. The van der Waals surface area contributed by atoms with E-state index in [2.05, 4.69) is 36.0 Å². The molecule has 0 unspecified atom stereocenters. The number of ether oxygens (including phenoxy) is 1. The van der Waals surface area contributed by atoms with Crippen molar-refractivity contribution in [1.29, 1.82) is 0 Å². The molecule has 1 fully saturated rings. The molecule has 0 radical (unpaired) electrons. The summed E-state index contributed by atoms with van der Waals surface area (Å²) in [6.45, 7) is 10.9. The van der Waals surface area contributed by atoms with Crippen LogP contribution < -0.4 is 15.5 Å². The molecule has 1 aliphatic heterocycles. The summed E-state index contributed by atoms with van der Waals surface area (Å²) in [7, 11) is 0. The maximum absolute atomic E-state index is 13.0. The van der Waals surface area contributed by atoms with E-state index in [9.17, 15) is 41.1 Å². The van der Waals surface area contributed by atoms with Gasteiger partial charge in [0.2, 0.25) is 5.91 Å². The molecule has 12 nitrogen and oxygen atoms in total. The van der Waals surface area contributed by atoms with Crippen LogP contribution in [0.1, 0.15) is 48.8 Å². The number of carbonyl (C=O) groups is 4. The van der Waals surface area contributed by atoms with E-state index >= 15 is 0 Å². The Kier molecular flexibility index (Phi) is 14.7. The molecule has 2 aromatic carbocycles. The van der Waals surface area contributed by atoms with Gasteiger partial charge < -0.3 is 25.2 Å². The number of aliphatic carboxylic acids is 2. The van der Waals surface area contributed by atoms with Crippen molar-refractivity contribution in [2.24, 2.45) is 11.3 Å². The first kappa shape index (κ1) is 42.2. The van der Waals surface area contributed by atoms with Gasteiger partial charge in [0.15, 0.2) is 0 Å². The topological polar surface area (TPSA) is 178 Å². The van der Waals surface area contributed by atoms with E-state index in [1.165, 1.54) is 0 Å². The fraction of sp³-hybridized carbons (Fsp3) is 0.424. The maximum Gasteiger partial charge on any atom is 0.490 e. The number of aryl methyl sites for hydroxylation is 1. The molecule has 2 amide bonds. The highest BCUT2D eigenvalue weighted by Gasteiger charge is 2.39. The number of benzene rings is 2. The molecule has 0 bridgehead atoms. The molecule has 1 saturated heterocycles. The number of fused-ring (bicyclic) bond motifs is 1. The van der Waals surface area contributed by atoms with Crippen LogP contribution >= 0.6 is 0 Å². The predicted molar refractivity (Wildman–Crippen MR) is 170 cm³/mol. The van der Waals surface area contributed by atoms with Gasteiger partial charge >= 0.3 is 24.3 Å². The Morgan fingerprint density at radius 2 is 1.47 bits per heavy atom. The number of likely N-dealkylation sites (tertiary alicyclic amines) is 1. The highest BCUT2D eigenvalue weighted by atomic mass is 19.4. The van der Waals surface area contributed by atoms with Crippen LogP contribution in [-0.2, 0) is 21.0 Å². The van der Waals surface area contributed by atoms with E-state index in [-0.39, 0.29) is 17.4 Å². The minimum atomic E-state index is -5.08. The first-order valence-electron chi connectivity index (χ1n) is 15.2. The zero-order valence-electron chi connectivity index (χ0n) is 27.9. The van der Waals surface area contributed by atoms with E-state index < -0.39 is 36.1 Å². The van der Waals surface area contributed by atoms with Crippen LogP contribution in [0.5, 0.6) is 5.75 Å². The van der Waals surface area contributed by atoms with Gasteiger partial charge in [-0.05, 0) is 55.2 Å². The normalized spacial score (nSPS) is 16.5. The van der Waals surface area contributed by atoms with Crippen molar-refractivity contribution in [2.45, 2.75) is 59.1 Å². The van der Waals surface area contributed by atoms with Crippen LogP contribution in [0.4, 0.5) is 26.3 Å². The smallest absolute Gasteiger partial charge is 0.489 e. The number of piperidine rings is 1. The summed E-state index contributed by atoms with van der Waals surface area (Å²) in [4.78, 5) is 49.9. The second-order valence-electron chi connectivity index (χ2n) is 12.6. The lowest BCUT2D eigenvalue weighted by Crippen LogP contribution is -2.56. The van der Waals surface area contributed by atoms with Crippen molar-refractivity contribution in [2.75, 3.05) is 19.6 Å². The number of hydroxylamine groups is 1. The van der Waals surface area contributed by atoms with Crippen LogP contribution in [0.3, 0.4) is 0 Å². The van der Waals surface area contributed by atoms with Crippen LogP contribution in [-0.4, -0.2) is 87.1 Å². The van der Waals surface area contributed by atoms with Crippen LogP contribution in [0.25, 0.3) is 10.9 Å². The Morgan fingerprint density at radius 1 is 0.922 bits per heavy atom. The molecule has 1 aromatic heterocycles. The number of para-hydroxylation sites is 1. The second kappa shape index (κ2) is 17.8. The first-order chi connectivity index (χ1) is 23.5. The van der Waals surface area contributed by atoms with Crippen LogP contribution in [0, 0.1) is 18.3 Å². The van der Waals surface area contributed by atoms with Gasteiger partial charge in [0, 0.05) is 47.9 Å². The zero-order valence-corrected chi connectivity index (χ0v) is 27.9. The summed E-state index contributed by atoms with van der Waals surface area (Å²) in [5.74, 6) is -6.13. The fourth-order valence-electron chi connectivity index (χ4n) is 4.98. The quantitative estimate of drug-likeness (QED) is 0.121. The third-order valence-corrected chi connectivity index (χ3v) is 7.08. The third kappa shape index (κ3) is 14.1. The molecule has 2 heterocycles. The third-order valence-electron chi connectivity index (χ3n) is 7.08. The highest BCUT2D eigenvalue weighted by molar-refractivity contribution is 5.95. The number of halogens is 6. The van der Waals surface area contributed by atoms with E-state index in [1.54, 1.807) is 29.7 Å². The number of hydrogen-bond donors (Lipinski definition) is 5. The maximum atomic E-state index is 13.0. The van der Waals surface area contributed by atoms with Gasteiger partial charge in [-0.15, -0.1) is 0 Å². The molecule has 18 heteroatoms. The number of amides is 2. The van der Waals surface area contributed by atoms with Crippen molar-refractivity contribution in [3.8, 4) is 5.75 Å². The minimum Gasteiger partial charge on any atom is -0.489 e. The monoisotopic (exact) mass is 732 g/mol. The number of nitrogens with zero attached hydrogens (tertiary/aromatic N) is 2. The predicted octanol–water partition coefficient (Wildman–Crippen LogP) is 5.36. The van der Waals surface area contributed by atoms with Gasteiger partial charge in [-0.3, -0.25) is 19.8 Å². The summed E-state index contributed by atoms with van der Waals surface area (Å²) in [5, 5.41) is 27.6. The lowest BCUT2D eigenvalue weighted by atomic mass is 9.88. The molecular formula is C33H38F6N4O8. The molecule has 4 rings (SSSR count). The molecule has 51 heavy (non-hydrogen) atoms. The zero-order chi connectivity index (χ0) is 38.7. The van der Waals surface area contributed by atoms with Crippen molar-refractivity contribution in [3.63, 3.8) is 0 Å². The number of pyridine rings is 1. The van der Waals surface area contributed by atoms with Crippen LogP contribution in [0.15, 0.2) is 54.6 Å². The number of nitrogens with one attached hydrogen (secondary N) is 2. The molecule has 1 aliphatic rings. The number of alkyl halides is 6. The Balaban J connectivity index is 0.000000543. The standard InChI is InChI=1S/C29H36N4O4.2C2HF3O2/c1-19-15-21(23-7-5-6-8-25(23)30-19)17-37-22-11-9-20(10-12-22)27(34)31-26-13-14-33(18-29(2,3)4)16-24(26)28(35)32-36;2*3-2(4,5)1(6)7/h5-12,15,24,26,36H,13-14,16-18H2,1-4H3,(H,31,34)(H,32,35);2*(H,6,7)/t24-,26+;;/m0../s1.